The highest BCUT2D eigenvalue weighted by Gasteiger charge is 2.07. The van der Waals surface area contributed by atoms with E-state index >= 15 is 0 Å². The van der Waals surface area contributed by atoms with E-state index < -0.39 is 6.10 Å². The van der Waals surface area contributed by atoms with Crippen molar-refractivity contribution >= 4 is 5.97 Å². The number of hydrogen-bond donors (Lipinski definition) is 2. The summed E-state index contributed by atoms with van der Waals surface area (Å²) in [5.74, 6) is -0.283. The zero-order valence-corrected chi connectivity index (χ0v) is 18.8. The fourth-order valence-electron chi connectivity index (χ4n) is 3.10. The van der Waals surface area contributed by atoms with Crippen LogP contribution in [-0.2, 0) is 9.53 Å². The Bertz CT molecular complexity index is 404. The van der Waals surface area contributed by atoms with Gasteiger partial charge in [0.15, 0.2) is 0 Å². The van der Waals surface area contributed by atoms with Crippen LogP contribution in [0.1, 0.15) is 110 Å². The molecule has 0 rings (SSSR count). The Morgan fingerprint density at radius 2 is 1.31 bits per heavy atom. The number of allylic oxidation sites excluding steroid dienone is 4. The van der Waals surface area contributed by atoms with Crippen molar-refractivity contribution in [1.82, 2.24) is 0 Å². The van der Waals surface area contributed by atoms with Gasteiger partial charge in [-0.05, 0) is 38.5 Å². The number of rotatable bonds is 21. The first-order valence-electron chi connectivity index (χ1n) is 11.9. The molecule has 0 aliphatic rings. The maximum absolute atomic E-state index is 11.4. The molecule has 0 aliphatic heterocycles. The van der Waals surface area contributed by atoms with Crippen LogP contribution in [0.15, 0.2) is 24.3 Å². The quantitative estimate of drug-likeness (QED) is 0.133. The minimum atomic E-state index is -0.961. The fourth-order valence-corrected chi connectivity index (χ4v) is 3.10. The number of carbonyl (C=O) groups is 1. The number of aliphatic hydroxyl groups is 2. The lowest BCUT2D eigenvalue weighted by Gasteiger charge is -2.08. The van der Waals surface area contributed by atoms with Crippen LogP contribution in [0, 0.1) is 0 Å². The van der Waals surface area contributed by atoms with Gasteiger partial charge >= 0.3 is 5.97 Å². The van der Waals surface area contributed by atoms with Crippen LogP contribution in [0.3, 0.4) is 0 Å². The van der Waals surface area contributed by atoms with E-state index in [1.54, 1.807) is 0 Å². The van der Waals surface area contributed by atoms with Crippen LogP contribution in [0.25, 0.3) is 0 Å². The molecule has 4 heteroatoms. The molecule has 0 aromatic heterocycles. The highest BCUT2D eigenvalue weighted by molar-refractivity contribution is 5.69. The number of carbonyl (C=O) groups excluding carboxylic acids is 1. The molecular formula is C25H46O4. The second kappa shape index (κ2) is 23.2. The average molecular weight is 411 g/mol. The lowest BCUT2D eigenvalue weighted by Crippen LogP contribution is -2.21. The van der Waals surface area contributed by atoms with Crippen molar-refractivity contribution in [2.45, 2.75) is 116 Å². The minimum Gasteiger partial charge on any atom is -0.463 e. The van der Waals surface area contributed by atoms with Crippen LogP contribution in [0.5, 0.6) is 0 Å². The highest BCUT2D eigenvalue weighted by atomic mass is 16.5. The first-order chi connectivity index (χ1) is 14.2. The number of aliphatic hydroxyl groups excluding tert-OH is 2. The average Bonchev–Trinajstić information content (AvgIpc) is 2.73. The molecule has 2 N–H and O–H groups in total. The Morgan fingerprint density at radius 3 is 1.86 bits per heavy atom. The molecular weight excluding hydrogens is 364 g/mol. The molecule has 29 heavy (non-hydrogen) atoms. The van der Waals surface area contributed by atoms with E-state index in [1.165, 1.54) is 77.0 Å². The second-order valence-electron chi connectivity index (χ2n) is 7.91. The van der Waals surface area contributed by atoms with Crippen molar-refractivity contribution in [2.24, 2.45) is 0 Å². The predicted molar refractivity (Wildman–Crippen MR) is 122 cm³/mol. The maximum atomic E-state index is 11.4. The summed E-state index contributed by atoms with van der Waals surface area (Å²) in [7, 11) is 0. The third-order valence-electron chi connectivity index (χ3n) is 4.98. The Labute approximate surface area is 179 Å². The Kier molecular flexibility index (Phi) is 22.2. The zero-order chi connectivity index (χ0) is 21.4. The molecule has 0 radical (unpaired) electrons. The van der Waals surface area contributed by atoms with Gasteiger partial charge in [0.05, 0.1) is 6.61 Å². The minimum absolute atomic E-state index is 0.110. The van der Waals surface area contributed by atoms with E-state index in [4.69, 9.17) is 14.9 Å². The summed E-state index contributed by atoms with van der Waals surface area (Å²) < 4.78 is 4.87. The van der Waals surface area contributed by atoms with E-state index in [2.05, 4.69) is 31.2 Å². The molecule has 0 spiro atoms. The molecule has 0 saturated carbocycles. The SMILES string of the molecule is CCCCC/C=C\C/C=C\CCCCCCCCCCCC(=O)OC[C@@H](O)CO. The molecule has 170 valence electrons. The van der Waals surface area contributed by atoms with Crippen LogP contribution >= 0.6 is 0 Å². The maximum Gasteiger partial charge on any atom is 0.305 e. The zero-order valence-electron chi connectivity index (χ0n) is 18.8. The summed E-state index contributed by atoms with van der Waals surface area (Å²) in [4.78, 5) is 11.4. The van der Waals surface area contributed by atoms with Crippen molar-refractivity contribution in [2.75, 3.05) is 13.2 Å². The highest BCUT2D eigenvalue weighted by Crippen LogP contribution is 2.12. The molecule has 0 amide bonds. The van der Waals surface area contributed by atoms with Crippen LogP contribution in [-0.4, -0.2) is 35.5 Å². The van der Waals surface area contributed by atoms with Gasteiger partial charge in [0.25, 0.3) is 0 Å². The van der Waals surface area contributed by atoms with Crippen molar-refractivity contribution < 1.29 is 19.7 Å². The van der Waals surface area contributed by atoms with Gasteiger partial charge in [0.1, 0.15) is 12.7 Å². The van der Waals surface area contributed by atoms with Gasteiger partial charge in [0, 0.05) is 6.42 Å². The smallest absolute Gasteiger partial charge is 0.305 e. The van der Waals surface area contributed by atoms with E-state index in [-0.39, 0.29) is 19.2 Å². The van der Waals surface area contributed by atoms with Gasteiger partial charge in [-0.15, -0.1) is 0 Å². The third kappa shape index (κ3) is 23.0. The van der Waals surface area contributed by atoms with Crippen molar-refractivity contribution in [1.29, 1.82) is 0 Å². The first kappa shape index (κ1) is 27.9. The molecule has 0 aromatic carbocycles. The summed E-state index contributed by atoms with van der Waals surface area (Å²) in [5.41, 5.74) is 0. The molecule has 0 unspecified atom stereocenters. The first-order valence-corrected chi connectivity index (χ1v) is 11.9. The number of ether oxygens (including phenoxy) is 1. The van der Waals surface area contributed by atoms with Crippen LogP contribution < -0.4 is 0 Å². The summed E-state index contributed by atoms with van der Waals surface area (Å²) >= 11 is 0. The standard InChI is InChI=1S/C25H46O4/c1-2-3-4-5-6-7-8-9-10-11-12-13-14-15-16-17-18-19-20-21-25(28)29-23-24(27)22-26/h6-7,9-10,24,26-27H,2-5,8,11-23H2,1H3/b7-6-,10-9-/t24-/m0/s1. The third-order valence-corrected chi connectivity index (χ3v) is 4.98. The largest absolute Gasteiger partial charge is 0.463 e. The Morgan fingerprint density at radius 1 is 0.793 bits per heavy atom. The monoisotopic (exact) mass is 410 g/mol. The second-order valence-corrected chi connectivity index (χ2v) is 7.91. The number of esters is 1. The summed E-state index contributed by atoms with van der Waals surface area (Å²) in [5, 5.41) is 17.8. The summed E-state index contributed by atoms with van der Waals surface area (Å²) in [6.07, 6.45) is 27.0. The number of hydrogen-bond acceptors (Lipinski definition) is 4. The van der Waals surface area contributed by atoms with Gasteiger partial charge in [-0.25, -0.2) is 0 Å². The van der Waals surface area contributed by atoms with E-state index in [0.29, 0.717) is 6.42 Å². The summed E-state index contributed by atoms with van der Waals surface area (Å²) in [6.45, 7) is 1.76. The molecule has 4 nitrogen and oxygen atoms in total. The number of unbranched alkanes of at least 4 members (excludes halogenated alkanes) is 12. The van der Waals surface area contributed by atoms with Crippen molar-refractivity contribution in [3.63, 3.8) is 0 Å². The summed E-state index contributed by atoms with van der Waals surface area (Å²) in [6, 6.07) is 0. The van der Waals surface area contributed by atoms with Gasteiger partial charge in [-0.3, -0.25) is 4.79 Å². The topological polar surface area (TPSA) is 66.8 Å². The normalized spacial score (nSPS) is 12.8. The van der Waals surface area contributed by atoms with E-state index in [9.17, 15) is 4.79 Å². The molecule has 0 heterocycles. The van der Waals surface area contributed by atoms with Crippen LogP contribution in [0.4, 0.5) is 0 Å². The van der Waals surface area contributed by atoms with Gasteiger partial charge in [-0.1, -0.05) is 89.0 Å². The molecule has 0 bridgehead atoms. The van der Waals surface area contributed by atoms with Gasteiger partial charge in [-0.2, -0.15) is 0 Å². The fraction of sp³-hybridized carbons (Fsp3) is 0.800. The molecule has 0 saturated heterocycles. The van der Waals surface area contributed by atoms with Gasteiger partial charge < -0.3 is 14.9 Å². The Balaban J connectivity index is 3.24. The Hall–Kier alpha value is -1.13. The van der Waals surface area contributed by atoms with Crippen LogP contribution in [0.2, 0.25) is 0 Å². The van der Waals surface area contributed by atoms with Crippen molar-refractivity contribution in [3.8, 4) is 0 Å². The lowest BCUT2D eigenvalue weighted by molar-refractivity contribution is -0.147. The van der Waals surface area contributed by atoms with E-state index in [0.717, 1.165) is 19.3 Å². The van der Waals surface area contributed by atoms with E-state index in [1.807, 2.05) is 0 Å². The molecule has 1 atom stereocenters. The van der Waals surface area contributed by atoms with Crippen molar-refractivity contribution in [3.05, 3.63) is 24.3 Å². The molecule has 0 aromatic rings. The molecule has 0 aliphatic carbocycles. The van der Waals surface area contributed by atoms with Gasteiger partial charge in [0.2, 0.25) is 0 Å². The predicted octanol–water partition coefficient (Wildman–Crippen LogP) is 6.26. The lowest BCUT2D eigenvalue weighted by atomic mass is 10.1. The molecule has 0 fully saturated rings.